The highest BCUT2D eigenvalue weighted by molar-refractivity contribution is 6.46. The average molecular weight is 474 g/mol. The van der Waals surface area contributed by atoms with Crippen molar-refractivity contribution in [2.75, 3.05) is 0 Å². The van der Waals surface area contributed by atoms with Crippen molar-refractivity contribution in [2.45, 2.75) is 18.9 Å². The molecule has 0 radical (unpaired) electrons. The normalized spacial score (nSPS) is 22.2. The number of hydrogen-bond acceptors (Lipinski definition) is 3. The summed E-state index contributed by atoms with van der Waals surface area (Å²) in [6, 6.07) is 11.7. The number of dihydropyridines is 1. The number of aromatic nitrogens is 1. The molecule has 3 nitrogen and oxygen atoms in total. The van der Waals surface area contributed by atoms with Crippen molar-refractivity contribution in [3.8, 4) is 5.75 Å². The second-order valence-corrected chi connectivity index (χ2v) is 8.94. The third-order valence-electron chi connectivity index (χ3n) is 5.76. The van der Waals surface area contributed by atoms with E-state index in [1.165, 1.54) is 12.1 Å². The van der Waals surface area contributed by atoms with Gasteiger partial charge in [-0.15, -0.1) is 0 Å². The molecule has 2 aromatic carbocycles. The first-order valence-corrected chi connectivity index (χ1v) is 10.9. The lowest BCUT2D eigenvalue weighted by Crippen LogP contribution is -2.12. The summed E-state index contributed by atoms with van der Waals surface area (Å²) in [6.45, 7) is 0. The number of rotatable bonds is 3. The summed E-state index contributed by atoms with van der Waals surface area (Å²) in [5.41, 5.74) is 3.64. The van der Waals surface area contributed by atoms with Gasteiger partial charge in [-0.05, 0) is 42.3 Å². The summed E-state index contributed by atoms with van der Waals surface area (Å²) in [7, 11) is 0. The predicted octanol–water partition coefficient (Wildman–Crippen LogP) is 7.09. The topological polar surface area (TPSA) is 45.5 Å². The number of aliphatic imine (C=N–C) groups is 1. The lowest BCUT2D eigenvalue weighted by molar-refractivity contribution is 0.478. The average Bonchev–Trinajstić information content (AvgIpc) is 3.54. The lowest BCUT2D eigenvalue weighted by Gasteiger charge is -2.17. The van der Waals surface area contributed by atoms with E-state index in [-0.39, 0.29) is 22.7 Å². The van der Waals surface area contributed by atoms with E-state index < -0.39 is 5.82 Å². The zero-order chi connectivity index (χ0) is 21.7. The maximum absolute atomic E-state index is 13.8. The van der Waals surface area contributed by atoms with Crippen molar-refractivity contribution in [2.24, 2.45) is 10.9 Å². The van der Waals surface area contributed by atoms with Crippen LogP contribution >= 0.6 is 34.8 Å². The molecule has 2 atom stereocenters. The van der Waals surface area contributed by atoms with E-state index in [4.69, 9.17) is 34.8 Å². The third kappa shape index (κ3) is 3.73. The quantitative estimate of drug-likeness (QED) is 0.441. The Balaban J connectivity index is 1.67. The van der Waals surface area contributed by atoms with Gasteiger partial charge in [0.15, 0.2) is 0 Å². The Labute approximate surface area is 193 Å². The Morgan fingerprint density at radius 2 is 1.84 bits per heavy atom. The summed E-state index contributed by atoms with van der Waals surface area (Å²) in [4.78, 5) is 8.88. The van der Waals surface area contributed by atoms with Gasteiger partial charge in [-0.2, -0.15) is 0 Å². The first-order valence-electron chi connectivity index (χ1n) is 9.77. The maximum atomic E-state index is 13.8. The Kier molecular flexibility index (Phi) is 5.25. The SMILES string of the molecule is Oc1c(/C(=C2\CC2C2CC(Cl)=C(Cl)C=N2)c2ccc(F)cc2Cl)ccc2cccnc12. The molecule has 1 N–H and O–H groups in total. The molecule has 0 amide bonds. The van der Waals surface area contributed by atoms with Crippen LogP contribution in [-0.2, 0) is 0 Å². The second-order valence-electron chi connectivity index (χ2n) is 7.67. The van der Waals surface area contributed by atoms with Gasteiger partial charge < -0.3 is 5.11 Å². The van der Waals surface area contributed by atoms with Gasteiger partial charge in [-0.25, -0.2) is 4.39 Å². The number of phenols is 1. The number of pyridine rings is 1. The van der Waals surface area contributed by atoms with Crippen molar-refractivity contribution < 1.29 is 9.50 Å². The summed E-state index contributed by atoms with van der Waals surface area (Å²) in [5, 5.41) is 13.2. The molecule has 3 aromatic rings. The summed E-state index contributed by atoms with van der Waals surface area (Å²) < 4.78 is 13.8. The minimum atomic E-state index is -0.418. The lowest BCUT2D eigenvalue weighted by atomic mass is 9.93. The van der Waals surface area contributed by atoms with Crippen LogP contribution in [0.15, 0.2) is 69.3 Å². The second kappa shape index (κ2) is 7.94. The van der Waals surface area contributed by atoms with Gasteiger partial charge in [0.2, 0.25) is 0 Å². The van der Waals surface area contributed by atoms with Gasteiger partial charge in [-0.3, -0.25) is 9.98 Å². The minimum Gasteiger partial charge on any atom is -0.505 e. The van der Waals surface area contributed by atoms with Crippen LogP contribution in [0, 0.1) is 11.7 Å². The van der Waals surface area contributed by atoms with Gasteiger partial charge in [0, 0.05) is 46.3 Å². The molecule has 1 fully saturated rings. The van der Waals surface area contributed by atoms with Gasteiger partial charge in [0.1, 0.15) is 17.1 Å². The van der Waals surface area contributed by atoms with Gasteiger partial charge >= 0.3 is 0 Å². The maximum Gasteiger partial charge on any atom is 0.149 e. The van der Waals surface area contributed by atoms with Crippen LogP contribution in [0.1, 0.15) is 24.0 Å². The summed E-state index contributed by atoms with van der Waals surface area (Å²) in [5.74, 6) is -0.220. The number of aromatic hydroxyl groups is 1. The van der Waals surface area contributed by atoms with Crippen molar-refractivity contribution in [3.05, 3.63) is 86.3 Å². The van der Waals surface area contributed by atoms with E-state index in [0.717, 1.165) is 23.0 Å². The van der Waals surface area contributed by atoms with Crippen molar-refractivity contribution >= 4 is 57.5 Å². The Morgan fingerprint density at radius 3 is 2.61 bits per heavy atom. The number of phenolic OH excluding ortho intramolecular Hbond substituents is 1. The van der Waals surface area contributed by atoms with Gasteiger partial charge in [-0.1, -0.05) is 52.5 Å². The molecule has 1 saturated carbocycles. The molecule has 5 rings (SSSR count). The fourth-order valence-electron chi connectivity index (χ4n) is 4.16. The molecule has 7 heteroatoms. The van der Waals surface area contributed by atoms with E-state index in [0.29, 0.717) is 33.1 Å². The Bertz CT molecular complexity index is 1320. The molecule has 2 aliphatic rings. The molecule has 1 aliphatic heterocycles. The van der Waals surface area contributed by atoms with Crippen LogP contribution in [0.25, 0.3) is 16.5 Å². The summed E-state index contributed by atoms with van der Waals surface area (Å²) >= 11 is 18.8. The predicted molar refractivity (Wildman–Crippen MR) is 125 cm³/mol. The standard InChI is InChI=1S/C24H16Cl3FN2O/c25-18-8-13(28)4-6-14(18)22(15-5-3-12-2-1-7-29-23(12)24(15)31)17-9-16(17)21-10-19(26)20(27)11-30-21/h1-8,11,16,21,31H,9-10H2/b22-17+. The Hall–Kier alpha value is -2.40. The van der Waals surface area contributed by atoms with Crippen LogP contribution in [0.4, 0.5) is 4.39 Å². The van der Waals surface area contributed by atoms with E-state index in [2.05, 4.69) is 9.98 Å². The zero-order valence-electron chi connectivity index (χ0n) is 16.1. The summed E-state index contributed by atoms with van der Waals surface area (Å²) in [6.07, 6.45) is 4.56. The molecular formula is C24H16Cl3FN2O. The number of allylic oxidation sites excluding steroid dienone is 1. The molecule has 156 valence electrons. The molecule has 0 bridgehead atoms. The zero-order valence-corrected chi connectivity index (χ0v) is 18.4. The highest BCUT2D eigenvalue weighted by Gasteiger charge is 2.41. The van der Waals surface area contributed by atoms with Crippen molar-refractivity contribution in [1.29, 1.82) is 0 Å². The Morgan fingerprint density at radius 1 is 1.03 bits per heavy atom. The number of hydrogen-bond donors (Lipinski definition) is 1. The molecular weight excluding hydrogens is 458 g/mol. The number of halogens is 4. The van der Waals surface area contributed by atoms with E-state index in [1.807, 2.05) is 24.3 Å². The van der Waals surface area contributed by atoms with Gasteiger partial charge in [0.25, 0.3) is 0 Å². The minimum absolute atomic E-state index is 0.0417. The number of nitrogens with zero attached hydrogens (tertiary/aromatic N) is 2. The van der Waals surface area contributed by atoms with Gasteiger partial charge in [0.05, 0.1) is 16.1 Å². The molecule has 2 heterocycles. The van der Waals surface area contributed by atoms with Crippen LogP contribution in [-0.4, -0.2) is 22.3 Å². The fraction of sp³-hybridized carbons (Fsp3) is 0.167. The highest BCUT2D eigenvalue weighted by Crippen LogP contribution is 2.53. The molecule has 31 heavy (non-hydrogen) atoms. The van der Waals surface area contributed by atoms with Crippen LogP contribution in [0.5, 0.6) is 5.75 Å². The monoisotopic (exact) mass is 472 g/mol. The van der Waals surface area contributed by atoms with Crippen molar-refractivity contribution in [3.63, 3.8) is 0 Å². The molecule has 0 saturated heterocycles. The number of fused-ring (bicyclic) bond motifs is 1. The largest absolute Gasteiger partial charge is 0.505 e. The highest BCUT2D eigenvalue weighted by atomic mass is 35.5. The van der Waals surface area contributed by atoms with Crippen molar-refractivity contribution in [1.82, 2.24) is 4.98 Å². The first-order chi connectivity index (χ1) is 14.9. The van der Waals surface area contributed by atoms with E-state index in [9.17, 15) is 9.50 Å². The fourth-order valence-corrected chi connectivity index (χ4v) is 4.76. The van der Waals surface area contributed by atoms with Crippen LogP contribution in [0.2, 0.25) is 5.02 Å². The first kappa shape index (κ1) is 20.5. The van der Waals surface area contributed by atoms with Crippen LogP contribution < -0.4 is 0 Å². The third-order valence-corrected chi connectivity index (χ3v) is 6.85. The van der Waals surface area contributed by atoms with E-state index in [1.54, 1.807) is 18.5 Å². The molecule has 2 unspecified atom stereocenters. The smallest absolute Gasteiger partial charge is 0.149 e. The van der Waals surface area contributed by atoms with Crippen LogP contribution in [0.3, 0.4) is 0 Å². The molecule has 1 aromatic heterocycles. The number of benzene rings is 2. The van der Waals surface area contributed by atoms with E-state index >= 15 is 0 Å². The molecule has 1 aliphatic carbocycles. The molecule has 0 spiro atoms.